The van der Waals surface area contributed by atoms with E-state index in [-0.39, 0.29) is 18.0 Å². The van der Waals surface area contributed by atoms with Gasteiger partial charge in [0.25, 0.3) is 0 Å². The van der Waals surface area contributed by atoms with E-state index in [1.165, 1.54) is 0 Å². The first-order valence-electron chi connectivity index (χ1n) is 9.55. The summed E-state index contributed by atoms with van der Waals surface area (Å²) < 4.78 is 0. The molecule has 1 aliphatic heterocycles. The summed E-state index contributed by atoms with van der Waals surface area (Å²) in [4.78, 5) is 22.2. The molecule has 0 saturated carbocycles. The number of rotatable bonds is 6. The SMILES string of the molecule is CC(=O)NC1CCN(c2cc(CC(C)Nc3ccc(C)c(C#N)c3)ncn2)C1. The van der Waals surface area contributed by atoms with Gasteiger partial charge in [0.05, 0.1) is 11.6 Å². The Hall–Kier alpha value is -3.14. The highest BCUT2D eigenvalue weighted by Crippen LogP contribution is 2.20. The summed E-state index contributed by atoms with van der Waals surface area (Å²) in [6.45, 7) is 7.21. The van der Waals surface area contributed by atoms with Crippen molar-refractivity contribution >= 4 is 17.4 Å². The van der Waals surface area contributed by atoms with Gasteiger partial charge in [-0.25, -0.2) is 9.97 Å². The highest BCUT2D eigenvalue weighted by molar-refractivity contribution is 5.73. The number of nitriles is 1. The number of amides is 1. The second-order valence-electron chi connectivity index (χ2n) is 7.39. The molecule has 0 bridgehead atoms. The average molecular weight is 378 g/mol. The molecular formula is C21H26N6O. The van der Waals surface area contributed by atoms with Crippen LogP contribution < -0.4 is 15.5 Å². The van der Waals surface area contributed by atoms with Crippen molar-refractivity contribution in [3.05, 3.63) is 47.4 Å². The van der Waals surface area contributed by atoms with Crippen LogP contribution >= 0.6 is 0 Å². The Kier molecular flexibility index (Phi) is 6.09. The molecule has 2 unspecified atom stereocenters. The molecule has 2 heterocycles. The molecule has 2 N–H and O–H groups in total. The van der Waals surface area contributed by atoms with Crippen LogP contribution in [0.15, 0.2) is 30.6 Å². The summed E-state index contributed by atoms with van der Waals surface area (Å²) in [5, 5.41) is 15.6. The van der Waals surface area contributed by atoms with E-state index < -0.39 is 0 Å². The summed E-state index contributed by atoms with van der Waals surface area (Å²) in [5.74, 6) is 0.901. The predicted molar refractivity (Wildman–Crippen MR) is 109 cm³/mol. The zero-order valence-corrected chi connectivity index (χ0v) is 16.6. The van der Waals surface area contributed by atoms with Crippen LogP contribution in [-0.2, 0) is 11.2 Å². The molecular weight excluding hydrogens is 352 g/mol. The third-order valence-electron chi connectivity index (χ3n) is 4.92. The molecule has 1 aromatic heterocycles. The fraction of sp³-hybridized carbons (Fsp3) is 0.429. The molecule has 146 valence electrons. The van der Waals surface area contributed by atoms with Crippen molar-refractivity contribution in [2.45, 2.75) is 45.7 Å². The monoisotopic (exact) mass is 378 g/mol. The number of hydrogen-bond acceptors (Lipinski definition) is 6. The largest absolute Gasteiger partial charge is 0.382 e. The number of hydrogen-bond donors (Lipinski definition) is 2. The van der Waals surface area contributed by atoms with Crippen molar-refractivity contribution in [1.29, 1.82) is 5.26 Å². The molecule has 3 rings (SSSR count). The molecule has 1 fully saturated rings. The van der Waals surface area contributed by atoms with Crippen LogP contribution in [0.25, 0.3) is 0 Å². The normalized spacial score (nSPS) is 17.1. The molecule has 28 heavy (non-hydrogen) atoms. The number of aromatic nitrogens is 2. The van der Waals surface area contributed by atoms with Gasteiger partial charge in [0.15, 0.2) is 0 Å². The van der Waals surface area contributed by atoms with Gasteiger partial charge in [-0.15, -0.1) is 0 Å². The van der Waals surface area contributed by atoms with Crippen LogP contribution in [0, 0.1) is 18.3 Å². The Bertz CT molecular complexity index is 891. The first-order chi connectivity index (χ1) is 13.4. The lowest BCUT2D eigenvalue weighted by molar-refractivity contribution is -0.119. The Morgan fingerprint density at radius 2 is 2.21 bits per heavy atom. The third-order valence-corrected chi connectivity index (χ3v) is 4.92. The predicted octanol–water partition coefficient (Wildman–Crippen LogP) is 2.41. The number of aryl methyl sites for hydroxylation is 1. The lowest BCUT2D eigenvalue weighted by atomic mass is 10.1. The van der Waals surface area contributed by atoms with Gasteiger partial charge < -0.3 is 15.5 Å². The van der Waals surface area contributed by atoms with E-state index in [9.17, 15) is 10.1 Å². The van der Waals surface area contributed by atoms with E-state index in [0.717, 1.165) is 48.7 Å². The standard InChI is InChI=1S/C21H26N6O/c1-14-4-5-18(9-17(14)11-22)25-15(2)8-20-10-21(24-13-23-20)27-7-6-19(12-27)26-16(3)28/h4-5,9-10,13,15,19,25H,6-8,12H2,1-3H3,(H,26,28). The number of benzene rings is 1. The number of carbonyl (C=O) groups is 1. The summed E-state index contributed by atoms with van der Waals surface area (Å²) in [7, 11) is 0. The second kappa shape index (κ2) is 8.70. The Labute approximate surface area is 165 Å². The topological polar surface area (TPSA) is 93.9 Å². The number of nitrogens with zero attached hydrogens (tertiary/aromatic N) is 4. The lowest BCUT2D eigenvalue weighted by Gasteiger charge is -2.19. The molecule has 0 aliphatic carbocycles. The van der Waals surface area contributed by atoms with Gasteiger partial charge >= 0.3 is 0 Å². The Morgan fingerprint density at radius 3 is 2.96 bits per heavy atom. The van der Waals surface area contributed by atoms with E-state index in [1.807, 2.05) is 31.2 Å². The molecule has 1 aromatic carbocycles. The van der Waals surface area contributed by atoms with Gasteiger partial charge in [0, 0.05) is 56.0 Å². The van der Waals surface area contributed by atoms with E-state index in [2.05, 4.69) is 38.5 Å². The molecule has 2 atom stereocenters. The van der Waals surface area contributed by atoms with Crippen molar-refractivity contribution < 1.29 is 4.79 Å². The first kappa shape index (κ1) is 19.6. The van der Waals surface area contributed by atoms with Crippen LogP contribution in [-0.4, -0.2) is 41.0 Å². The van der Waals surface area contributed by atoms with Gasteiger partial charge in [-0.2, -0.15) is 5.26 Å². The van der Waals surface area contributed by atoms with E-state index in [0.29, 0.717) is 5.56 Å². The number of anilines is 2. The average Bonchev–Trinajstić information content (AvgIpc) is 3.11. The molecule has 7 heteroatoms. The second-order valence-corrected chi connectivity index (χ2v) is 7.39. The van der Waals surface area contributed by atoms with Gasteiger partial charge in [-0.1, -0.05) is 6.07 Å². The summed E-state index contributed by atoms with van der Waals surface area (Å²) in [6, 6.07) is 10.4. The Balaban J connectivity index is 1.61. The van der Waals surface area contributed by atoms with Crippen LogP contribution in [0.1, 0.15) is 37.1 Å². The first-order valence-corrected chi connectivity index (χ1v) is 9.55. The van der Waals surface area contributed by atoms with E-state index in [1.54, 1.807) is 13.3 Å². The maximum absolute atomic E-state index is 11.2. The van der Waals surface area contributed by atoms with Crippen molar-refractivity contribution in [2.75, 3.05) is 23.3 Å². The highest BCUT2D eigenvalue weighted by atomic mass is 16.1. The Morgan fingerprint density at radius 1 is 1.39 bits per heavy atom. The fourth-order valence-electron chi connectivity index (χ4n) is 3.53. The van der Waals surface area contributed by atoms with E-state index in [4.69, 9.17) is 0 Å². The quantitative estimate of drug-likeness (QED) is 0.802. The van der Waals surface area contributed by atoms with Gasteiger partial charge in [0.2, 0.25) is 5.91 Å². The van der Waals surface area contributed by atoms with Crippen LogP contribution in [0.3, 0.4) is 0 Å². The van der Waals surface area contributed by atoms with Crippen LogP contribution in [0.2, 0.25) is 0 Å². The van der Waals surface area contributed by atoms with Gasteiger partial charge in [-0.3, -0.25) is 4.79 Å². The summed E-state index contributed by atoms with van der Waals surface area (Å²) in [5.41, 5.74) is 3.55. The molecule has 1 amide bonds. The van der Waals surface area contributed by atoms with Gasteiger partial charge in [0.1, 0.15) is 12.1 Å². The minimum Gasteiger partial charge on any atom is -0.382 e. The van der Waals surface area contributed by atoms with Crippen molar-refractivity contribution in [3.8, 4) is 6.07 Å². The molecule has 1 saturated heterocycles. The van der Waals surface area contributed by atoms with Crippen LogP contribution in [0.5, 0.6) is 0 Å². The number of carbonyl (C=O) groups excluding carboxylic acids is 1. The van der Waals surface area contributed by atoms with Crippen molar-refractivity contribution in [1.82, 2.24) is 15.3 Å². The molecule has 2 aromatic rings. The maximum atomic E-state index is 11.2. The van der Waals surface area contributed by atoms with E-state index >= 15 is 0 Å². The molecule has 0 radical (unpaired) electrons. The minimum absolute atomic E-state index is 0.00536. The highest BCUT2D eigenvalue weighted by Gasteiger charge is 2.24. The molecule has 7 nitrogen and oxygen atoms in total. The number of nitrogens with one attached hydrogen (secondary N) is 2. The maximum Gasteiger partial charge on any atom is 0.217 e. The fourth-order valence-corrected chi connectivity index (χ4v) is 3.53. The lowest BCUT2D eigenvalue weighted by Crippen LogP contribution is -2.35. The van der Waals surface area contributed by atoms with Crippen molar-refractivity contribution in [3.63, 3.8) is 0 Å². The summed E-state index contributed by atoms with van der Waals surface area (Å²) >= 11 is 0. The van der Waals surface area contributed by atoms with Crippen LogP contribution in [0.4, 0.5) is 11.5 Å². The zero-order valence-electron chi connectivity index (χ0n) is 16.6. The molecule has 1 aliphatic rings. The minimum atomic E-state index is 0.00536. The molecule has 0 spiro atoms. The van der Waals surface area contributed by atoms with Crippen molar-refractivity contribution in [2.24, 2.45) is 0 Å². The smallest absolute Gasteiger partial charge is 0.217 e. The van der Waals surface area contributed by atoms with Gasteiger partial charge in [-0.05, 0) is 38.0 Å². The zero-order chi connectivity index (χ0) is 20.1. The third kappa shape index (κ3) is 4.97. The summed E-state index contributed by atoms with van der Waals surface area (Å²) in [6.07, 6.45) is 3.27.